The fourth-order valence-corrected chi connectivity index (χ4v) is 4.48. The van der Waals surface area contributed by atoms with Crippen LogP contribution in [0.2, 0.25) is 0 Å². The fourth-order valence-electron chi connectivity index (χ4n) is 3.09. The Morgan fingerprint density at radius 1 is 1.03 bits per heavy atom. The average molecular weight is 488 g/mol. The molecule has 0 saturated carbocycles. The molecule has 3 rings (SSSR count). The number of hydrogen-bond donors (Lipinski definition) is 1. The van der Waals surface area contributed by atoms with Crippen molar-refractivity contribution < 1.29 is 31.8 Å². The van der Waals surface area contributed by atoms with Gasteiger partial charge in [-0.05, 0) is 36.4 Å². The van der Waals surface area contributed by atoms with Crippen molar-refractivity contribution in [2.24, 2.45) is 5.10 Å². The summed E-state index contributed by atoms with van der Waals surface area (Å²) >= 11 is 0. The van der Waals surface area contributed by atoms with Gasteiger partial charge in [0.1, 0.15) is 5.76 Å². The molecule has 0 aliphatic carbocycles. The zero-order chi connectivity index (χ0) is 24.6. The Morgan fingerprint density at radius 3 is 2.26 bits per heavy atom. The quantitative estimate of drug-likeness (QED) is 0.326. The lowest BCUT2D eigenvalue weighted by Gasteiger charge is -2.20. The standard InChI is InChI=1S/C23H25N3O7S/c1-30-20-12-17(13-21(31-2)23(20)32-3)14-24-25-22(27)16-26(15-18-8-7-11-33-18)34(28,29)19-9-5-4-6-10-19/h4-14H,15-16H2,1-3H3,(H,25,27). The van der Waals surface area contributed by atoms with E-state index in [9.17, 15) is 13.2 Å². The third kappa shape index (κ3) is 5.94. The van der Waals surface area contributed by atoms with E-state index in [1.165, 1.54) is 45.9 Å². The number of rotatable bonds is 11. The van der Waals surface area contributed by atoms with Crippen LogP contribution >= 0.6 is 0 Å². The Labute approximate surface area is 197 Å². The fraction of sp³-hybridized carbons (Fsp3) is 0.217. The third-order valence-corrected chi connectivity index (χ3v) is 6.51. The Hall–Kier alpha value is -3.83. The lowest BCUT2D eigenvalue weighted by molar-refractivity contribution is -0.121. The molecule has 1 aromatic heterocycles. The van der Waals surface area contributed by atoms with Crippen LogP contribution in [-0.4, -0.2) is 52.7 Å². The summed E-state index contributed by atoms with van der Waals surface area (Å²) in [5, 5.41) is 3.93. The Morgan fingerprint density at radius 2 is 1.71 bits per heavy atom. The molecule has 0 radical (unpaired) electrons. The minimum atomic E-state index is -3.96. The average Bonchev–Trinajstić information content (AvgIpc) is 3.36. The van der Waals surface area contributed by atoms with E-state index in [0.29, 0.717) is 28.6 Å². The van der Waals surface area contributed by atoms with Gasteiger partial charge >= 0.3 is 0 Å². The van der Waals surface area contributed by atoms with Crippen molar-refractivity contribution >= 4 is 22.1 Å². The summed E-state index contributed by atoms with van der Waals surface area (Å²) in [6.07, 6.45) is 2.81. The molecule has 11 heteroatoms. The maximum absolute atomic E-state index is 13.1. The summed E-state index contributed by atoms with van der Waals surface area (Å²) in [5.74, 6) is 1.04. The zero-order valence-electron chi connectivity index (χ0n) is 18.9. The van der Waals surface area contributed by atoms with Crippen LogP contribution in [0.5, 0.6) is 17.2 Å². The highest BCUT2D eigenvalue weighted by molar-refractivity contribution is 7.89. The number of furan rings is 1. The summed E-state index contributed by atoms with van der Waals surface area (Å²) in [4.78, 5) is 12.6. The molecule has 0 atom stereocenters. The number of sulfonamides is 1. The van der Waals surface area contributed by atoms with Crippen LogP contribution in [-0.2, 0) is 21.4 Å². The van der Waals surface area contributed by atoms with Crippen molar-refractivity contribution in [1.82, 2.24) is 9.73 Å². The molecule has 3 aromatic rings. The normalized spacial score (nSPS) is 11.5. The largest absolute Gasteiger partial charge is 0.493 e. The van der Waals surface area contributed by atoms with Crippen LogP contribution in [0.3, 0.4) is 0 Å². The predicted molar refractivity (Wildman–Crippen MR) is 125 cm³/mol. The van der Waals surface area contributed by atoms with Crippen LogP contribution < -0.4 is 19.6 Å². The van der Waals surface area contributed by atoms with Gasteiger partial charge in [0.05, 0.1) is 51.8 Å². The predicted octanol–water partition coefficient (Wildman–Crippen LogP) is 2.65. The van der Waals surface area contributed by atoms with Crippen molar-refractivity contribution in [1.29, 1.82) is 0 Å². The minimum Gasteiger partial charge on any atom is -0.493 e. The van der Waals surface area contributed by atoms with Gasteiger partial charge in [0.25, 0.3) is 5.91 Å². The maximum atomic E-state index is 13.1. The second kappa shape index (κ2) is 11.3. The number of hydrogen-bond acceptors (Lipinski definition) is 8. The Kier molecular flexibility index (Phi) is 8.28. The van der Waals surface area contributed by atoms with Crippen molar-refractivity contribution in [3.05, 3.63) is 72.2 Å². The SMILES string of the molecule is COc1cc(C=NNC(=O)CN(Cc2ccco2)S(=O)(=O)c2ccccc2)cc(OC)c1OC. The number of carbonyl (C=O) groups is 1. The maximum Gasteiger partial charge on any atom is 0.255 e. The summed E-state index contributed by atoms with van der Waals surface area (Å²) in [7, 11) is 0.505. The van der Waals surface area contributed by atoms with E-state index in [1.54, 1.807) is 42.5 Å². The Balaban J connectivity index is 1.75. The summed E-state index contributed by atoms with van der Waals surface area (Å²) in [6.45, 7) is -0.585. The van der Waals surface area contributed by atoms with E-state index in [2.05, 4.69) is 10.5 Å². The van der Waals surface area contributed by atoms with Crippen LogP contribution in [0.25, 0.3) is 0 Å². The number of amides is 1. The minimum absolute atomic E-state index is 0.0651. The molecule has 0 aliphatic heterocycles. The van der Waals surface area contributed by atoms with E-state index >= 15 is 0 Å². The van der Waals surface area contributed by atoms with Gasteiger partial charge in [-0.1, -0.05) is 18.2 Å². The first-order chi connectivity index (χ1) is 16.4. The van der Waals surface area contributed by atoms with Gasteiger partial charge in [0.2, 0.25) is 15.8 Å². The highest BCUT2D eigenvalue weighted by atomic mass is 32.2. The highest BCUT2D eigenvalue weighted by Crippen LogP contribution is 2.37. The second-order valence-corrected chi connectivity index (χ2v) is 8.86. The van der Waals surface area contributed by atoms with Gasteiger partial charge in [0, 0.05) is 5.56 Å². The number of benzene rings is 2. The van der Waals surface area contributed by atoms with E-state index < -0.39 is 22.5 Å². The first-order valence-corrected chi connectivity index (χ1v) is 11.5. The molecule has 180 valence electrons. The summed E-state index contributed by atoms with van der Waals surface area (Å²) < 4.78 is 48.4. The molecule has 0 saturated heterocycles. The molecule has 2 aromatic carbocycles. The van der Waals surface area contributed by atoms with Crippen molar-refractivity contribution in [2.75, 3.05) is 27.9 Å². The highest BCUT2D eigenvalue weighted by Gasteiger charge is 2.27. The number of ether oxygens (including phenoxy) is 3. The molecular formula is C23H25N3O7S. The zero-order valence-corrected chi connectivity index (χ0v) is 19.7. The Bertz CT molecular complexity index is 1200. The third-order valence-electron chi connectivity index (χ3n) is 4.70. The van der Waals surface area contributed by atoms with Crippen LogP contribution in [0.15, 0.2) is 75.3 Å². The molecule has 10 nitrogen and oxygen atoms in total. The topological polar surface area (TPSA) is 120 Å². The molecule has 1 heterocycles. The smallest absolute Gasteiger partial charge is 0.255 e. The summed E-state index contributed by atoms with van der Waals surface area (Å²) in [5.41, 5.74) is 2.92. The van der Waals surface area contributed by atoms with E-state index in [0.717, 1.165) is 4.31 Å². The van der Waals surface area contributed by atoms with Gasteiger partial charge in [-0.3, -0.25) is 4.79 Å². The van der Waals surface area contributed by atoms with Crippen LogP contribution in [0.1, 0.15) is 11.3 Å². The molecule has 0 fully saturated rings. The van der Waals surface area contributed by atoms with Gasteiger partial charge < -0.3 is 18.6 Å². The van der Waals surface area contributed by atoms with Crippen LogP contribution in [0, 0.1) is 0 Å². The molecule has 1 N–H and O–H groups in total. The molecule has 0 bridgehead atoms. The first kappa shape index (κ1) is 24.8. The molecule has 34 heavy (non-hydrogen) atoms. The number of nitrogens with zero attached hydrogens (tertiary/aromatic N) is 2. The van der Waals surface area contributed by atoms with E-state index in [-0.39, 0.29) is 11.4 Å². The van der Waals surface area contributed by atoms with Gasteiger partial charge in [0.15, 0.2) is 11.5 Å². The lowest BCUT2D eigenvalue weighted by atomic mass is 10.2. The van der Waals surface area contributed by atoms with Gasteiger partial charge in [-0.2, -0.15) is 9.41 Å². The van der Waals surface area contributed by atoms with E-state index in [1.807, 2.05) is 0 Å². The molecular weight excluding hydrogens is 462 g/mol. The van der Waals surface area contributed by atoms with Crippen molar-refractivity contribution in [2.45, 2.75) is 11.4 Å². The number of nitrogens with one attached hydrogen (secondary N) is 1. The molecule has 0 unspecified atom stereocenters. The van der Waals surface area contributed by atoms with E-state index in [4.69, 9.17) is 18.6 Å². The van der Waals surface area contributed by atoms with Gasteiger partial charge in [-0.15, -0.1) is 0 Å². The molecule has 0 spiro atoms. The number of methoxy groups -OCH3 is 3. The lowest BCUT2D eigenvalue weighted by Crippen LogP contribution is -2.38. The monoisotopic (exact) mass is 487 g/mol. The summed E-state index contributed by atoms with van der Waals surface area (Å²) in [6, 6.07) is 14.4. The molecule has 0 aliphatic rings. The second-order valence-electron chi connectivity index (χ2n) is 6.92. The number of carbonyl (C=O) groups excluding carboxylic acids is 1. The molecule has 1 amide bonds. The van der Waals surface area contributed by atoms with Crippen molar-refractivity contribution in [3.63, 3.8) is 0 Å². The van der Waals surface area contributed by atoms with Crippen molar-refractivity contribution in [3.8, 4) is 17.2 Å². The first-order valence-electron chi connectivity index (χ1n) is 10.1. The number of hydrazone groups is 1. The van der Waals surface area contributed by atoms with Crippen LogP contribution in [0.4, 0.5) is 0 Å². The van der Waals surface area contributed by atoms with Gasteiger partial charge in [-0.25, -0.2) is 13.8 Å².